The van der Waals surface area contributed by atoms with Crippen LogP contribution in [0.2, 0.25) is 0 Å². The number of hydrogen-bond acceptors (Lipinski definition) is 3. The zero-order valence-corrected chi connectivity index (χ0v) is 13.6. The molecule has 118 valence electrons. The largest absolute Gasteiger partial charge is 0.348 e. The standard InChI is InChI=1S/C19H22N4/c1-19(2)9-16(18-17(10-19)22-12-23-18)21-11-13-5-3-7-15-14(13)6-4-8-20-15/h3-8,12,16,21H,9-11H2,1-2H3,(H,22,23). The Bertz CT molecular complexity index is 829. The van der Waals surface area contributed by atoms with Crippen molar-refractivity contribution in [2.45, 2.75) is 39.3 Å². The molecule has 1 aliphatic carbocycles. The summed E-state index contributed by atoms with van der Waals surface area (Å²) in [6.07, 6.45) is 5.84. The maximum atomic E-state index is 4.55. The van der Waals surface area contributed by atoms with Crippen molar-refractivity contribution in [2.24, 2.45) is 5.41 Å². The van der Waals surface area contributed by atoms with Gasteiger partial charge in [-0.3, -0.25) is 4.98 Å². The SMILES string of the molecule is CC1(C)Cc2[nH]cnc2C(NCc2cccc3ncccc23)C1. The molecule has 4 heteroatoms. The summed E-state index contributed by atoms with van der Waals surface area (Å²) in [5.74, 6) is 0. The van der Waals surface area contributed by atoms with E-state index in [-0.39, 0.29) is 5.41 Å². The van der Waals surface area contributed by atoms with Gasteiger partial charge < -0.3 is 10.3 Å². The predicted molar refractivity (Wildman–Crippen MR) is 92.0 cm³/mol. The van der Waals surface area contributed by atoms with Crippen molar-refractivity contribution in [1.29, 1.82) is 0 Å². The van der Waals surface area contributed by atoms with Crippen LogP contribution in [0.3, 0.4) is 0 Å². The molecule has 0 saturated carbocycles. The van der Waals surface area contributed by atoms with Crippen molar-refractivity contribution in [1.82, 2.24) is 20.3 Å². The van der Waals surface area contributed by atoms with E-state index in [2.05, 4.69) is 58.4 Å². The number of nitrogens with one attached hydrogen (secondary N) is 2. The Morgan fingerprint density at radius 3 is 3.04 bits per heavy atom. The van der Waals surface area contributed by atoms with Crippen LogP contribution in [0.4, 0.5) is 0 Å². The van der Waals surface area contributed by atoms with Crippen molar-refractivity contribution in [3.05, 3.63) is 59.8 Å². The molecule has 0 aliphatic heterocycles. The fourth-order valence-corrected chi connectivity index (χ4v) is 3.70. The average Bonchev–Trinajstić information content (AvgIpc) is 2.99. The second-order valence-corrected chi connectivity index (χ2v) is 7.23. The van der Waals surface area contributed by atoms with Gasteiger partial charge in [-0.05, 0) is 36.0 Å². The van der Waals surface area contributed by atoms with Crippen LogP contribution < -0.4 is 5.32 Å². The van der Waals surface area contributed by atoms with Gasteiger partial charge in [-0.1, -0.05) is 32.0 Å². The van der Waals surface area contributed by atoms with Crippen LogP contribution in [0.5, 0.6) is 0 Å². The zero-order valence-electron chi connectivity index (χ0n) is 13.6. The Balaban J connectivity index is 1.59. The molecule has 0 spiro atoms. The summed E-state index contributed by atoms with van der Waals surface area (Å²) < 4.78 is 0. The third-order valence-corrected chi connectivity index (χ3v) is 4.77. The van der Waals surface area contributed by atoms with E-state index in [9.17, 15) is 0 Å². The van der Waals surface area contributed by atoms with Crippen molar-refractivity contribution >= 4 is 10.9 Å². The highest BCUT2D eigenvalue weighted by Crippen LogP contribution is 2.39. The Hall–Kier alpha value is -2.20. The Labute approximate surface area is 136 Å². The van der Waals surface area contributed by atoms with Crippen LogP contribution >= 0.6 is 0 Å². The first-order valence-electron chi connectivity index (χ1n) is 8.21. The van der Waals surface area contributed by atoms with E-state index in [4.69, 9.17) is 0 Å². The van der Waals surface area contributed by atoms with E-state index in [0.717, 1.165) is 24.9 Å². The lowest BCUT2D eigenvalue weighted by Gasteiger charge is -2.35. The van der Waals surface area contributed by atoms with Gasteiger partial charge in [0.1, 0.15) is 0 Å². The minimum atomic E-state index is 0.289. The van der Waals surface area contributed by atoms with Crippen molar-refractivity contribution in [3.63, 3.8) is 0 Å². The number of aromatic nitrogens is 3. The molecule has 1 unspecified atom stereocenters. The first kappa shape index (κ1) is 14.4. The van der Waals surface area contributed by atoms with Gasteiger partial charge in [0, 0.05) is 23.8 Å². The molecule has 0 fully saturated rings. The highest BCUT2D eigenvalue weighted by atomic mass is 15.0. The number of imidazole rings is 1. The number of fused-ring (bicyclic) bond motifs is 2. The maximum absolute atomic E-state index is 4.55. The fraction of sp³-hybridized carbons (Fsp3) is 0.368. The molecular weight excluding hydrogens is 284 g/mol. The van der Waals surface area contributed by atoms with Gasteiger partial charge in [0.25, 0.3) is 0 Å². The van der Waals surface area contributed by atoms with Gasteiger partial charge >= 0.3 is 0 Å². The zero-order chi connectivity index (χ0) is 15.9. The average molecular weight is 306 g/mol. The summed E-state index contributed by atoms with van der Waals surface area (Å²) in [5.41, 5.74) is 5.09. The number of nitrogens with zero attached hydrogens (tertiary/aromatic N) is 2. The summed E-state index contributed by atoms with van der Waals surface area (Å²) in [6, 6.07) is 10.8. The van der Waals surface area contributed by atoms with Gasteiger partial charge in [0.15, 0.2) is 0 Å². The molecule has 23 heavy (non-hydrogen) atoms. The molecule has 1 atom stereocenters. The second-order valence-electron chi connectivity index (χ2n) is 7.23. The summed E-state index contributed by atoms with van der Waals surface area (Å²) in [7, 11) is 0. The highest BCUT2D eigenvalue weighted by Gasteiger charge is 2.33. The molecular formula is C19H22N4. The number of benzene rings is 1. The van der Waals surface area contributed by atoms with Gasteiger partial charge in [-0.15, -0.1) is 0 Å². The molecule has 0 radical (unpaired) electrons. The van der Waals surface area contributed by atoms with Crippen LogP contribution in [-0.2, 0) is 13.0 Å². The van der Waals surface area contributed by atoms with Gasteiger partial charge in [-0.2, -0.15) is 0 Å². The Kier molecular flexibility index (Phi) is 3.42. The lowest BCUT2D eigenvalue weighted by Crippen LogP contribution is -2.33. The molecule has 3 aromatic rings. The lowest BCUT2D eigenvalue weighted by atomic mass is 9.75. The maximum Gasteiger partial charge on any atom is 0.0925 e. The number of pyridine rings is 1. The summed E-state index contributed by atoms with van der Waals surface area (Å²) >= 11 is 0. The molecule has 4 nitrogen and oxygen atoms in total. The first-order chi connectivity index (χ1) is 11.1. The Morgan fingerprint density at radius 2 is 2.13 bits per heavy atom. The molecule has 0 amide bonds. The van der Waals surface area contributed by atoms with Gasteiger partial charge in [-0.25, -0.2) is 4.98 Å². The quantitative estimate of drug-likeness (QED) is 0.774. The second kappa shape index (κ2) is 5.46. The monoisotopic (exact) mass is 306 g/mol. The number of rotatable bonds is 3. The molecule has 0 saturated heterocycles. The van der Waals surface area contributed by atoms with E-state index in [1.165, 1.54) is 22.3 Å². The van der Waals surface area contributed by atoms with Crippen LogP contribution in [0.15, 0.2) is 42.9 Å². The summed E-state index contributed by atoms with van der Waals surface area (Å²) in [4.78, 5) is 12.3. The Morgan fingerprint density at radius 1 is 1.22 bits per heavy atom. The third kappa shape index (κ3) is 2.75. The number of hydrogen-bond donors (Lipinski definition) is 2. The lowest BCUT2D eigenvalue weighted by molar-refractivity contribution is 0.252. The summed E-state index contributed by atoms with van der Waals surface area (Å²) in [6.45, 7) is 5.48. The van der Waals surface area contributed by atoms with Crippen LogP contribution in [-0.4, -0.2) is 15.0 Å². The van der Waals surface area contributed by atoms with E-state index in [1.54, 1.807) is 0 Å². The minimum absolute atomic E-state index is 0.289. The molecule has 1 aromatic carbocycles. The minimum Gasteiger partial charge on any atom is -0.348 e. The molecule has 1 aliphatic rings. The highest BCUT2D eigenvalue weighted by molar-refractivity contribution is 5.81. The van der Waals surface area contributed by atoms with Gasteiger partial charge in [0.05, 0.1) is 23.6 Å². The molecule has 2 N–H and O–H groups in total. The van der Waals surface area contributed by atoms with Crippen molar-refractivity contribution in [2.75, 3.05) is 0 Å². The number of aromatic amines is 1. The molecule has 2 aromatic heterocycles. The van der Waals surface area contributed by atoms with Crippen molar-refractivity contribution in [3.8, 4) is 0 Å². The summed E-state index contributed by atoms with van der Waals surface area (Å²) in [5, 5.41) is 4.94. The van der Waals surface area contributed by atoms with E-state index in [1.807, 2.05) is 18.6 Å². The first-order valence-corrected chi connectivity index (χ1v) is 8.21. The molecule has 2 heterocycles. The topological polar surface area (TPSA) is 53.6 Å². The van der Waals surface area contributed by atoms with E-state index < -0.39 is 0 Å². The number of H-pyrrole nitrogens is 1. The van der Waals surface area contributed by atoms with E-state index >= 15 is 0 Å². The smallest absolute Gasteiger partial charge is 0.0925 e. The predicted octanol–water partition coefficient (Wildman–Crippen LogP) is 3.76. The molecule has 4 rings (SSSR count). The van der Waals surface area contributed by atoms with Crippen LogP contribution in [0.1, 0.15) is 43.3 Å². The van der Waals surface area contributed by atoms with Crippen LogP contribution in [0, 0.1) is 5.41 Å². The van der Waals surface area contributed by atoms with Crippen molar-refractivity contribution < 1.29 is 0 Å². The van der Waals surface area contributed by atoms with Gasteiger partial charge in [0.2, 0.25) is 0 Å². The fourth-order valence-electron chi connectivity index (χ4n) is 3.70. The van der Waals surface area contributed by atoms with E-state index in [0.29, 0.717) is 6.04 Å². The third-order valence-electron chi connectivity index (χ3n) is 4.77. The molecule has 0 bridgehead atoms. The normalized spacial score (nSPS) is 19.7. The van der Waals surface area contributed by atoms with Crippen LogP contribution in [0.25, 0.3) is 10.9 Å².